The number of aryl methyl sites for hydroxylation is 1. The fraction of sp³-hybridized carbons (Fsp3) is 0.125. The van der Waals surface area contributed by atoms with Gasteiger partial charge >= 0.3 is 5.63 Å². The number of hydrogen-bond acceptors (Lipinski definition) is 5. The summed E-state index contributed by atoms with van der Waals surface area (Å²) in [5, 5.41) is 11.2. The van der Waals surface area contributed by atoms with Crippen LogP contribution in [0.5, 0.6) is 0 Å². The van der Waals surface area contributed by atoms with E-state index in [2.05, 4.69) is 15.5 Å². The molecular weight excluding hydrogens is 282 g/mol. The van der Waals surface area contributed by atoms with Crippen LogP contribution >= 0.6 is 0 Å². The van der Waals surface area contributed by atoms with Crippen LogP contribution in [0.3, 0.4) is 0 Å². The van der Waals surface area contributed by atoms with Gasteiger partial charge in [0.2, 0.25) is 0 Å². The molecule has 0 spiro atoms. The molecular formula is C16H13N3O3. The lowest BCUT2D eigenvalue weighted by atomic mass is 10.2. The Morgan fingerprint density at radius 3 is 2.77 bits per heavy atom. The number of carbonyl (C=O) groups excluding carboxylic acids is 1. The van der Waals surface area contributed by atoms with Crippen LogP contribution in [0.1, 0.15) is 21.7 Å². The van der Waals surface area contributed by atoms with Gasteiger partial charge in [0.25, 0.3) is 5.91 Å². The van der Waals surface area contributed by atoms with Crippen molar-refractivity contribution in [3.05, 3.63) is 69.8 Å². The number of fused-ring (bicyclic) bond motifs is 1. The third-order valence-corrected chi connectivity index (χ3v) is 3.17. The molecule has 6 heteroatoms. The fourth-order valence-corrected chi connectivity index (χ4v) is 2.01. The summed E-state index contributed by atoms with van der Waals surface area (Å²) < 4.78 is 5.14. The predicted molar refractivity (Wildman–Crippen MR) is 80.4 cm³/mol. The highest BCUT2D eigenvalue weighted by atomic mass is 16.4. The van der Waals surface area contributed by atoms with Crippen LogP contribution < -0.4 is 10.9 Å². The number of carbonyl (C=O) groups is 1. The minimum atomic E-state index is -0.661. The average Bonchev–Trinajstić information content (AvgIpc) is 2.53. The Morgan fingerprint density at radius 1 is 1.18 bits per heavy atom. The third kappa shape index (κ3) is 2.85. The van der Waals surface area contributed by atoms with Crippen molar-refractivity contribution in [2.24, 2.45) is 0 Å². The van der Waals surface area contributed by atoms with Crippen molar-refractivity contribution in [2.45, 2.75) is 13.5 Å². The molecule has 0 saturated carbocycles. The highest BCUT2D eigenvalue weighted by molar-refractivity contribution is 5.96. The molecule has 0 bridgehead atoms. The Morgan fingerprint density at radius 2 is 2.00 bits per heavy atom. The van der Waals surface area contributed by atoms with Gasteiger partial charge in [-0.05, 0) is 31.2 Å². The number of rotatable bonds is 3. The largest absolute Gasteiger partial charge is 0.422 e. The Bertz CT molecular complexity index is 885. The van der Waals surface area contributed by atoms with E-state index in [0.717, 1.165) is 5.69 Å². The zero-order valence-corrected chi connectivity index (χ0v) is 11.9. The van der Waals surface area contributed by atoms with Crippen LogP contribution in [0, 0.1) is 6.92 Å². The van der Waals surface area contributed by atoms with E-state index >= 15 is 0 Å². The smallest absolute Gasteiger partial charge is 0.349 e. The quantitative estimate of drug-likeness (QED) is 0.745. The monoisotopic (exact) mass is 295 g/mol. The van der Waals surface area contributed by atoms with E-state index in [1.807, 2.05) is 13.0 Å². The number of benzene rings is 1. The van der Waals surface area contributed by atoms with Gasteiger partial charge in [-0.2, -0.15) is 10.2 Å². The van der Waals surface area contributed by atoms with Crippen LogP contribution in [-0.2, 0) is 6.54 Å². The lowest BCUT2D eigenvalue weighted by Gasteiger charge is -2.04. The molecule has 1 amide bonds. The lowest BCUT2D eigenvalue weighted by molar-refractivity contribution is 0.0947. The first-order chi connectivity index (χ1) is 10.6. The molecule has 0 atom stereocenters. The molecule has 22 heavy (non-hydrogen) atoms. The average molecular weight is 295 g/mol. The summed E-state index contributed by atoms with van der Waals surface area (Å²) in [5.41, 5.74) is 1.17. The van der Waals surface area contributed by atoms with E-state index in [9.17, 15) is 9.59 Å². The number of nitrogens with one attached hydrogen (secondary N) is 1. The summed E-state index contributed by atoms with van der Waals surface area (Å²) in [6, 6.07) is 12.1. The standard InChI is InChI=1S/C16H13N3O3/c1-10-6-7-12(19-18-10)9-17-15(20)13-8-11-4-2-3-5-14(11)22-16(13)21/h2-8H,9H2,1H3,(H,17,20). The van der Waals surface area contributed by atoms with Crippen LogP contribution in [0.15, 0.2) is 51.7 Å². The summed E-state index contributed by atoms with van der Waals surface area (Å²) in [6.45, 7) is 2.02. The molecule has 0 unspecified atom stereocenters. The summed E-state index contributed by atoms with van der Waals surface area (Å²) in [6.07, 6.45) is 0. The number of aromatic nitrogens is 2. The van der Waals surface area contributed by atoms with Gasteiger partial charge in [-0.15, -0.1) is 0 Å². The maximum atomic E-state index is 12.1. The van der Waals surface area contributed by atoms with Crippen LogP contribution in [0.2, 0.25) is 0 Å². The molecule has 2 heterocycles. The molecule has 2 aromatic heterocycles. The number of hydrogen-bond donors (Lipinski definition) is 1. The van der Waals surface area contributed by atoms with Gasteiger partial charge in [0.05, 0.1) is 17.9 Å². The maximum absolute atomic E-state index is 12.1. The number of nitrogens with zero attached hydrogens (tertiary/aromatic N) is 2. The van der Waals surface area contributed by atoms with Crippen LogP contribution in [0.4, 0.5) is 0 Å². The first kappa shape index (κ1) is 13.9. The van der Waals surface area contributed by atoms with E-state index < -0.39 is 11.5 Å². The van der Waals surface area contributed by atoms with Gasteiger partial charge in [-0.3, -0.25) is 4.79 Å². The minimum Gasteiger partial charge on any atom is -0.422 e. The molecule has 0 aliphatic carbocycles. The summed E-state index contributed by atoms with van der Waals surface area (Å²) in [4.78, 5) is 24.0. The molecule has 0 radical (unpaired) electrons. The second kappa shape index (κ2) is 5.77. The molecule has 6 nitrogen and oxygen atoms in total. The van der Waals surface area contributed by atoms with Gasteiger partial charge in [-0.1, -0.05) is 18.2 Å². The topological polar surface area (TPSA) is 85.1 Å². The Hall–Kier alpha value is -3.02. The normalized spacial score (nSPS) is 10.6. The number of para-hydroxylation sites is 1. The lowest BCUT2D eigenvalue weighted by Crippen LogP contribution is -2.28. The van der Waals surface area contributed by atoms with Crippen LogP contribution in [-0.4, -0.2) is 16.1 Å². The summed E-state index contributed by atoms with van der Waals surface area (Å²) >= 11 is 0. The number of amides is 1. The molecule has 0 aliphatic heterocycles. The van der Waals surface area contributed by atoms with Gasteiger partial charge in [0.15, 0.2) is 0 Å². The molecule has 0 saturated heterocycles. The van der Waals surface area contributed by atoms with E-state index in [1.54, 1.807) is 30.3 Å². The second-order valence-electron chi connectivity index (χ2n) is 4.83. The maximum Gasteiger partial charge on any atom is 0.349 e. The van der Waals surface area contributed by atoms with Crippen molar-refractivity contribution < 1.29 is 9.21 Å². The van der Waals surface area contributed by atoms with Crippen molar-refractivity contribution in [1.29, 1.82) is 0 Å². The molecule has 1 aromatic carbocycles. The summed E-state index contributed by atoms with van der Waals surface area (Å²) in [5.74, 6) is -0.498. The first-order valence-electron chi connectivity index (χ1n) is 6.74. The van der Waals surface area contributed by atoms with Crippen molar-refractivity contribution in [3.63, 3.8) is 0 Å². The highest BCUT2D eigenvalue weighted by Crippen LogP contribution is 2.12. The Balaban J connectivity index is 1.81. The van der Waals surface area contributed by atoms with Crippen molar-refractivity contribution in [3.8, 4) is 0 Å². The SMILES string of the molecule is Cc1ccc(CNC(=O)c2cc3ccccc3oc2=O)nn1. The van der Waals surface area contributed by atoms with Gasteiger partial charge in [0.1, 0.15) is 11.1 Å². The second-order valence-corrected chi connectivity index (χ2v) is 4.83. The van der Waals surface area contributed by atoms with E-state index in [0.29, 0.717) is 16.7 Å². The van der Waals surface area contributed by atoms with Gasteiger partial charge < -0.3 is 9.73 Å². The van der Waals surface area contributed by atoms with E-state index in [4.69, 9.17) is 4.42 Å². The third-order valence-electron chi connectivity index (χ3n) is 3.17. The zero-order chi connectivity index (χ0) is 15.5. The Labute approximate surface area is 125 Å². The molecule has 0 aliphatic rings. The molecule has 110 valence electrons. The van der Waals surface area contributed by atoms with Crippen molar-refractivity contribution in [2.75, 3.05) is 0 Å². The van der Waals surface area contributed by atoms with Crippen molar-refractivity contribution >= 4 is 16.9 Å². The predicted octanol–water partition coefficient (Wildman–Crippen LogP) is 1.82. The fourth-order valence-electron chi connectivity index (χ4n) is 2.01. The molecule has 3 rings (SSSR count). The highest BCUT2D eigenvalue weighted by Gasteiger charge is 2.13. The minimum absolute atomic E-state index is 0.0289. The van der Waals surface area contributed by atoms with E-state index in [1.165, 1.54) is 6.07 Å². The zero-order valence-electron chi connectivity index (χ0n) is 11.9. The summed E-state index contributed by atoms with van der Waals surface area (Å²) in [7, 11) is 0. The van der Waals surface area contributed by atoms with E-state index in [-0.39, 0.29) is 12.1 Å². The molecule has 0 fully saturated rings. The molecule has 1 N–H and O–H groups in total. The Kier molecular flexibility index (Phi) is 3.65. The van der Waals surface area contributed by atoms with Gasteiger partial charge in [0, 0.05) is 5.39 Å². The van der Waals surface area contributed by atoms with Crippen molar-refractivity contribution in [1.82, 2.24) is 15.5 Å². The molecule has 3 aromatic rings. The first-order valence-corrected chi connectivity index (χ1v) is 6.74. The van der Waals surface area contributed by atoms with Crippen LogP contribution in [0.25, 0.3) is 11.0 Å². The van der Waals surface area contributed by atoms with Gasteiger partial charge in [-0.25, -0.2) is 4.79 Å².